The molecule has 0 saturated carbocycles. The van der Waals surface area contributed by atoms with Gasteiger partial charge in [0.15, 0.2) is 4.32 Å². The number of carboxylic acids is 1. The molecule has 0 radical (unpaired) electrons. The second kappa shape index (κ2) is 6.54. The van der Waals surface area contributed by atoms with E-state index < -0.39 is 11.8 Å². The summed E-state index contributed by atoms with van der Waals surface area (Å²) in [5.41, 5.74) is 0.989. The van der Waals surface area contributed by atoms with Crippen LogP contribution in [0.5, 0.6) is 0 Å². The molecule has 2 aromatic rings. The highest BCUT2D eigenvalue weighted by Gasteiger charge is 2.33. The fourth-order valence-corrected chi connectivity index (χ4v) is 3.53. The van der Waals surface area contributed by atoms with Crippen molar-refractivity contribution in [2.75, 3.05) is 4.90 Å². The Morgan fingerprint density at radius 2 is 1.83 bits per heavy atom. The number of carbonyl (C=O) groups excluding carboxylic acids is 1. The van der Waals surface area contributed by atoms with Crippen LogP contribution in [0.4, 0.5) is 10.1 Å². The van der Waals surface area contributed by atoms with Crippen molar-refractivity contribution >= 4 is 51.9 Å². The first-order chi connectivity index (χ1) is 11.5. The Labute approximate surface area is 146 Å². The summed E-state index contributed by atoms with van der Waals surface area (Å²) in [6.45, 7) is 0. The molecule has 0 aliphatic carbocycles. The van der Waals surface area contributed by atoms with Crippen LogP contribution in [0.1, 0.15) is 15.9 Å². The Hall–Kier alpha value is -2.51. The number of thioether (sulfide) groups is 1. The van der Waals surface area contributed by atoms with Crippen molar-refractivity contribution in [1.82, 2.24) is 0 Å². The van der Waals surface area contributed by atoms with E-state index in [1.54, 1.807) is 18.2 Å². The van der Waals surface area contributed by atoms with Gasteiger partial charge in [-0.3, -0.25) is 9.69 Å². The lowest BCUT2D eigenvalue weighted by molar-refractivity contribution is -0.113. The van der Waals surface area contributed by atoms with Gasteiger partial charge in [0, 0.05) is 0 Å². The number of hydrogen-bond donors (Lipinski definition) is 1. The van der Waals surface area contributed by atoms with E-state index in [2.05, 4.69) is 0 Å². The molecule has 1 aliphatic heterocycles. The SMILES string of the molecule is O=C(O)c1ccccc1/C=C1\SC(=S)N(c2ccc(F)cc2)C1=O. The molecule has 1 heterocycles. The zero-order valence-corrected chi connectivity index (χ0v) is 13.7. The molecule has 1 saturated heterocycles. The lowest BCUT2D eigenvalue weighted by Crippen LogP contribution is -2.27. The van der Waals surface area contributed by atoms with Crippen LogP contribution in [0.3, 0.4) is 0 Å². The molecular formula is C17H10FNO3S2. The van der Waals surface area contributed by atoms with Crippen LogP contribution in [0, 0.1) is 5.82 Å². The number of rotatable bonds is 3. The van der Waals surface area contributed by atoms with Crippen LogP contribution < -0.4 is 4.90 Å². The van der Waals surface area contributed by atoms with Crippen molar-refractivity contribution in [3.05, 3.63) is 70.4 Å². The van der Waals surface area contributed by atoms with Crippen LogP contribution in [0.25, 0.3) is 6.08 Å². The lowest BCUT2D eigenvalue weighted by atomic mass is 10.1. The van der Waals surface area contributed by atoms with E-state index in [4.69, 9.17) is 12.2 Å². The maximum Gasteiger partial charge on any atom is 0.336 e. The van der Waals surface area contributed by atoms with Gasteiger partial charge in [-0.05, 0) is 42.0 Å². The number of anilines is 1. The second-order valence-corrected chi connectivity index (χ2v) is 6.56. The van der Waals surface area contributed by atoms with Crippen molar-refractivity contribution < 1.29 is 19.1 Å². The molecular weight excluding hydrogens is 349 g/mol. The summed E-state index contributed by atoms with van der Waals surface area (Å²) in [5, 5.41) is 9.22. The summed E-state index contributed by atoms with van der Waals surface area (Å²) in [6.07, 6.45) is 1.51. The number of amides is 1. The van der Waals surface area contributed by atoms with Gasteiger partial charge in [0.05, 0.1) is 16.2 Å². The third-order valence-electron chi connectivity index (χ3n) is 3.36. The van der Waals surface area contributed by atoms with Gasteiger partial charge in [-0.2, -0.15) is 0 Å². The summed E-state index contributed by atoms with van der Waals surface area (Å²) >= 11 is 6.31. The van der Waals surface area contributed by atoms with E-state index in [1.165, 1.54) is 41.3 Å². The number of carboxylic acid groups (broad SMARTS) is 1. The standard InChI is InChI=1S/C17H10FNO3S2/c18-11-5-7-12(8-6-11)19-15(20)14(24-17(19)23)9-10-3-1-2-4-13(10)16(21)22/h1-9H,(H,21,22)/b14-9-. The maximum absolute atomic E-state index is 13.0. The molecule has 2 aromatic carbocycles. The molecule has 1 aliphatic rings. The minimum absolute atomic E-state index is 0.101. The van der Waals surface area contributed by atoms with Crippen LogP contribution >= 0.6 is 24.0 Å². The normalized spacial score (nSPS) is 16.0. The molecule has 0 spiro atoms. The molecule has 0 aromatic heterocycles. The fraction of sp³-hybridized carbons (Fsp3) is 0. The number of carbonyl (C=O) groups is 2. The minimum Gasteiger partial charge on any atom is -0.478 e. The van der Waals surface area contributed by atoms with Crippen molar-refractivity contribution in [2.24, 2.45) is 0 Å². The molecule has 120 valence electrons. The quantitative estimate of drug-likeness (QED) is 0.665. The first kappa shape index (κ1) is 16.4. The van der Waals surface area contributed by atoms with E-state index in [9.17, 15) is 19.1 Å². The Morgan fingerprint density at radius 1 is 1.17 bits per heavy atom. The van der Waals surface area contributed by atoms with E-state index in [1.807, 2.05) is 0 Å². The van der Waals surface area contributed by atoms with Crippen LogP contribution in [0.2, 0.25) is 0 Å². The van der Waals surface area contributed by atoms with Crippen LogP contribution in [-0.2, 0) is 4.79 Å². The summed E-state index contributed by atoms with van der Waals surface area (Å²) in [6, 6.07) is 11.8. The molecule has 0 atom stereocenters. The van der Waals surface area contributed by atoms with Crippen LogP contribution in [0.15, 0.2) is 53.4 Å². The third-order valence-corrected chi connectivity index (χ3v) is 4.66. The monoisotopic (exact) mass is 359 g/mol. The average molecular weight is 359 g/mol. The van der Waals surface area contributed by atoms with Crippen LogP contribution in [-0.4, -0.2) is 21.3 Å². The van der Waals surface area contributed by atoms with Gasteiger partial charge < -0.3 is 5.11 Å². The number of benzene rings is 2. The third kappa shape index (κ3) is 3.08. The van der Waals surface area contributed by atoms with Gasteiger partial charge in [0.2, 0.25) is 0 Å². The zero-order valence-electron chi connectivity index (χ0n) is 12.1. The van der Waals surface area contributed by atoms with E-state index in [-0.39, 0.29) is 11.5 Å². The maximum atomic E-state index is 13.0. The highest BCUT2D eigenvalue weighted by molar-refractivity contribution is 8.27. The highest BCUT2D eigenvalue weighted by atomic mass is 32.2. The Kier molecular flexibility index (Phi) is 4.46. The summed E-state index contributed by atoms with van der Waals surface area (Å²) < 4.78 is 13.4. The number of halogens is 1. The topological polar surface area (TPSA) is 57.6 Å². The van der Waals surface area contributed by atoms with Gasteiger partial charge in [-0.15, -0.1) is 0 Å². The zero-order chi connectivity index (χ0) is 17.3. The Balaban J connectivity index is 1.97. The molecule has 1 N–H and O–H groups in total. The predicted octanol–water partition coefficient (Wildman–Crippen LogP) is 3.93. The van der Waals surface area contributed by atoms with Gasteiger partial charge in [0.25, 0.3) is 5.91 Å². The summed E-state index contributed by atoms with van der Waals surface area (Å²) in [7, 11) is 0. The molecule has 7 heteroatoms. The van der Waals surface area contributed by atoms with Gasteiger partial charge >= 0.3 is 5.97 Å². The van der Waals surface area contributed by atoms with E-state index in [0.717, 1.165) is 11.8 Å². The number of hydrogen-bond acceptors (Lipinski definition) is 4. The first-order valence-corrected chi connectivity index (χ1v) is 8.05. The average Bonchev–Trinajstić information content (AvgIpc) is 2.83. The molecule has 3 rings (SSSR count). The molecule has 1 amide bonds. The molecule has 4 nitrogen and oxygen atoms in total. The number of thiocarbonyl (C=S) groups is 1. The lowest BCUT2D eigenvalue weighted by Gasteiger charge is -2.14. The first-order valence-electron chi connectivity index (χ1n) is 6.83. The molecule has 0 unspecified atom stereocenters. The van der Waals surface area contributed by atoms with Crippen molar-refractivity contribution in [3.63, 3.8) is 0 Å². The van der Waals surface area contributed by atoms with Gasteiger partial charge in [-0.1, -0.05) is 42.2 Å². The summed E-state index contributed by atoms with van der Waals surface area (Å²) in [5.74, 6) is -1.84. The number of aromatic carboxylic acids is 1. The number of nitrogens with zero attached hydrogens (tertiary/aromatic N) is 1. The molecule has 1 fully saturated rings. The predicted molar refractivity (Wildman–Crippen MR) is 95.5 cm³/mol. The van der Waals surface area contributed by atoms with E-state index in [0.29, 0.717) is 20.5 Å². The van der Waals surface area contributed by atoms with Crippen molar-refractivity contribution in [1.29, 1.82) is 0 Å². The van der Waals surface area contributed by atoms with Crippen molar-refractivity contribution in [3.8, 4) is 0 Å². The smallest absolute Gasteiger partial charge is 0.336 e. The minimum atomic E-state index is -1.07. The summed E-state index contributed by atoms with van der Waals surface area (Å²) in [4.78, 5) is 25.5. The second-order valence-electron chi connectivity index (χ2n) is 4.89. The Bertz CT molecular complexity index is 878. The molecule has 24 heavy (non-hydrogen) atoms. The van der Waals surface area contributed by atoms with Gasteiger partial charge in [-0.25, -0.2) is 9.18 Å². The highest BCUT2D eigenvalue weighted by Crippen LogP contribution is 2.36. The largest absolute Gasteiger partial charge is 0.478 e. The van der Waals surface area contributed by atoms with Gasteiger partial charge in [0.1, 0.15) is 5.82 Å². The van der Waals surface area contributed by atoms with E-state index >= 15 is 0 Å². The fourth-order valence-electron chi connectivity index (χ4n) is 2.24. The Morgan fingerprint density at radius 3 is 2.50 bits per heavy atom. The molecule has 0 bridgehead atoms. The van der Waals surface area contributed by atoms with Crippen molar-refractivity contribution in [2.45, 2.75) is 0 Å².